The van der Waals surface area contributed by atoms with E-state index < -0.39 is 15.4 Å². The Morgan fingerprint density at radius 3 is 2.65 bits per heavy atom. The number of aryl methyl sites for hydroxylation is 1. The molecule has 0 spiro atoms. The maximum absolute atomic E-state index is 12.3. The van der Waals surface area contributed by atoms with Gasteiger partial charge in [-0.05, 0) is 32.4 Å². The summed E-state index contributed by atoms with van der Waals surface area (Å²) in [5.41, 5.74) is 3.62. The summed E-state index contributed by atoms with van der Waals surface area (Å²) in [5.74, 6) is 5.16. The molecule has 1 aliphatic rings. The lowest BCUT2D eigenvalue weighted by Gasteiger charge is -2.24. The van der Waals surface area contributed by atoms with Crippen LogP contribution in [0.3, 0.4) is 0 Å². The minimum absolute atomic E-state index is 0.0249. The summed E-state index contributed by atoms with van der Waals surface area (Å²) in [6.07, 6.45) is 0.429. The lowest BCUT2D eigenvalue weighted by molar-refractivity contribution is 0.0916. The molecular weight excluding hydrogens is 278 g/mol. The number of carbonyl (C=O) groups is 1. The Bertz CT molecular complexity index is 642. The second-order valence-electron chi connectivity index (χ2n) is 5.55. The fourth-order valence-corrected chi connectivity index (χ4v) is 4.52. The fraction of sp³-hybridized carbons (Fsp3) is 0.462. The summed E-state index contributed by atoms with van der Waals surface area (Å²) < 4.78 is 23.1. The van der Waals surface area contributed by atoms with Gasteiger partial charge in [0.05, 0.1) is 28.3 Å². The molecule has 0 saturated carbocycles. The normalized spacial score (nSPS) is 24.4. The van der Waals surface area contributed by atoms with Crippen molar-refractivity contribution in [2.45, 2.75) is 25.8 Å². The number of hydrazine groups is 1. The molecule has 1 heterocycles. The number of nitrogen functional groups attached to an aromatic ring is 1. The molecule has 20 heavy (non-hydrogen) atoms. The SMILES string of the molecule is Cc1ccc(NN)c(C(=O)NC2(C)CCS(=O)(=O)C2)c1. The number of hydrogen-bond acceptors (Lipinski definition) is 5. The Balaban J connectivity index is 2.23. The number of benzene rings is 1. The number of rotatable bonds is 3. The largest absolute Gasteiger partial charge is 0.346 e. The van der Waals surface area contributed by atoms with E-state index in [1.807, 2.05) is 13.0 Å². The minimum atomic E-state index is -3.06. The second kappa shape index (κ2) is 5.06. The zero-order valence-electron chi connectivity index (χ0n) is 11.6. The number of amides is 1. The third-order valence-electron chi connectivity index (χ3n) is 3.49. The number of sulfone groups is 1. The molecule has 1 aromatic rings. The van der Waals surface area contributed by atoms with E-state index in [0.29, 0.717) is 17.7 Å². The van der Waals surface area contributed by atoms with E-state index in [-0.39, 0.29) is 17.4 Å². The first kappa shape index (κ1) is 14.8. The quantitative estimate of drug-likeness (QED) is 0.560. The summed E-state index contributed by atoms with van der Waals surface area (Å²) in [7, 11) is -3.06. The van der Waals surface area contributed by atoms with Gasteiger partial charge in [0.25, 0.3) is 5.91 Å². The van der Waals surface area contributed by atoms with Crippen LogP contribution in [0.5, 0.6) is 0 Å². The molecular formula is C13H19N3O3S. The van der Waals surface area contributed by atoms with E-state index in [2.05, 4.69) is 10.7 Å². The first-order valence-electron chi connectivity index (χ1n) is 6.35. The standard InChI is InChI=1S/C13H19N3O3S/c1-9-3-4-11(16-14)10(7-9)12(17)15-13(2)5-6-20(18,19)8-13/h3-4,7,16H,5-6,8,14H2,1-2H3,(H,15,17). The van der Waals surface area contributed by atoms with Crippen molar-refractivity contribution < 1.29 is 13.2 Å². The van der Waals surface area contributed by atoms with Gasteiger partial charge < -0.3 is 10.7 Å². The van der Waals surface area contributed by atoms with Crippen molar-refractivity contribution >= 4 is 21.4 Å². The molecule has 1 aromatic carbocycles. The Hall–Kier alpha value is -1.60. The third kappa shape index (κ3) is 3.10. The first-order valence-corrected chi connectivity index (χ1v) is 8.17. The van der Waals surface area contributed by atoms with Gasteiger partial charge in [0, 0.05) is 0 Å². The zero-order chi connectivity index (χ0) is 15.0. The molecule has 6 nitrogen and oxygen atoms in total. The van der Waals surface area contributed by atoms with Crippen LogP contribution < -0.4 is 16.6 Å². The van der Waals surface area contributed by atoms with Crippen molar-refractivity contribution in [1.29, 1.82) is 0 Å². The van der Waals surface area contributed by atoms with Crippen LogP contribution in [0.25, 0.3) is 0 Å². The summed E-state index contributed by atoms with van der Waals surface area (Å²) in [6, 6.07) is 5.28. The molecule has 1 unspecified atom stereocenters. The Kier molecular flexibility index (Phi) is 3.75. The van der Waals surface area contributed by atoms with E-state index in [0.717, 1.165) is 5.56 Å². The smallest absolute Gasteiger partial charge is 0.253 e. The van der Waals surface area contributed by atoms with Crippen LogP contribution >= 0.6 is 0 Å². The van der Waals surface area contributed by atoms with Crippen molar-refractivity contribution in [3.63, 3.8) is 0 Å². The predicted molar refractivity (Wildman–Crippen MR) is 78.1 cm³/mol. The van der Waals surface area contributed by atoms with Gasteiger partial charge in [-0.1, -0.05) is 11.6 Å². The molecule has 1 amide bonds. The zero-order valence-corrected chi connectivity index (χ0v) is 12.4. The van der Waals surface area contributed by atoms with Gasteiger partial charge in [-0.2, -0.15) is 0 Å². The van der Waals surface area contributed by atoms with Gasteiger partial charge in [-0.3, -0.25) is 10.6 Å². The fourth-order valence-electron chi connectivity index (χ4n) is 2.42. The summed E-state index contributed by atoms with van der Waals surface area (Å²) in [4.78, 5) is 12.3. The van der Waals surface area contributed by atoms with Crippen LogP contribution in [0.1, 0.15) is 29.3 Å². The second-order valence-corrected chi connectivity index (χ2v) is 7.73. The Morgan fingerprint density at radius 2 is 2.10 bits per heavy atom. The molecule has 0 bridgehead atoms. The monoisotopic (exact) mass is 297 g/mol. The van der Waals surface area contributed by atoms with Crippen molar-refractivity contribution in [2.24, 2.45) is 5.84 Å². The number of nitrogens with two attached hydrogens (primary N) is 1. The van der Waals surface area contributed by atoms with E-state index in [9.17, 15) is 13.2 Å². The molecule has 2 rings (SSSR count). The van der Waals surface area contributed by atoms with Crippen LogP contribution in [-0.4, -0.2) is 31.4 Å². The molecule has 7 heteroatoms. The number of nitrogens with one attached hydrogen (secondary N) is 2. The molecule has 4 N–H and O–H groups in total. The van der Waals surface area contributed by atoms with Crippen LogP contribution in [0.15, 0.2) is 18.2 Å². The summed E-state index contributed by atoms with van der Waals surface area (Å²) in [6.45, 7) is 3.62. The minimum Gasteiger partial charge on any atom is -0.346 e. The van der Waals surface area contributed by atoms with E-state index >= 15 is 0 Å². The van der Waals surface area contributed by atoms with Crippen molar-refractivity contribution in [3.05, 3.63) is 29.3 Å². The summed E-state index contributed by atoms with van der Waals surface area (Å²) in [5, 5.41) is 2.82. The van der Waals surface area contributed by atoms with E-state index in [1.165, 1.54) is 0 Å². The van der Waals surface area contributed by atoms with Gasteiger partial charge in [-0.25, -0.2) is 8.42 Å². The van der Waals surface area contributed by atoms with E-state index in [4.69, 9.17) is 5.84 Å². The summed E-state index contributed by atoms with van der Waals surface area (Å²) >= 11 is 0. The highest BCUT2D eigenvalue weighted by Gasteiger charge is 2.39. The predicted octanol–water partition coefficient (Wildman–Crippen LogP) is 0.588. The highest BCUT2D eigenvalue weighted by molar-refractivity contribution is 7.91. The van der Waals surface area contributed by atoms with Crippen molar-refractivity contribution in [3.8, 4) is 0 Å². The maximum Gasteiger partial charge on any atom is 0.253 e. The highest BCUT2D eigenvalue weighted by atomic mass is 32.2. The van der Waals surface area contributed by atoms with Gasteiger partial charge in [0.1, 0.15) is 0 Å². The van der Waals surface area contributed by atoms with Gasteiger partial charge in [-0.15, -0.1) is 0 Å². The highest BCUT2D eigenvalue weighted by Crippen LogP contribution is 2.24. The van der Waals surface area contributed by atoms with Crippen LogP contribution in [0.4, 0.5) is 5.69 Å². The van der Waals surface area contributed by atoms with Crippen LogP contribution in [0.2, 0.25) is 0 Å². The first-order chi connectivity index (χ1) is 9.25. The Morgan fingerprint density at radius 1 is 1.40 bits per heavy atom. The lowest BCUT2D eigenvalue weighted by atomic mass is 10.0. The van der Waals surface area contributed by atoms with E-state index in [1.54, 1.807) is 19.1 Å². The molecule has 1 fully saturated rings. The number of carbonyl (C=O) groups excluding carboxylic acids is 1. The van der Waals surface area contributed by atoms with Gasteiger partial charge >= 0.3 is 0 Å². The van der Waals surface area contributed by atoms with Crippen molar-refractivity contribution in [2.75, 3.05) is 16.9 Å². The average molecular weight is 297 g/mol. The van der Waals surface area contributed by atoms with Gasteiger partial charge in [0.2, 0.25) is 0 Å². The molecule has 110 valence electrons. The molecule has 0 aliphatic carbocycles. The topological polar surface area (TPSA) is 101 Å². The molecule has 1 saturated heterocycles. The molecule has 0 radical (unpaired) electrons. The molecule has 0 aromatic heterocycles. The molecule has 1 aliphatic heterocycles. The number of hydrogen-bond donors (Lipinski definition) is 3. The average Bonchev–Trinajstić information content (AvgIpc) is 2.63. The lowest BCUT2D eigenvalue weighted by Crippen LogP contribution is -2.47. The van der Waals surface area contributed by atoms with Crippen LogP contribution in [0, 0.1) is 6.92 Å². The van der Waals surface area contributed by atoms with Gasteiger partial charge in [0.15, 0.2) is 9.84 Å². The Labute approximate surface area is 118 Å². The van der Waals surface area contributed by atoms with Crippen molar-refractivity contribution in [1.82, 2.24) is 5.32 Å². The third-order valence-corrected chi connectivity index (χ3v) is 5.40. The van der Waals surface area contributed by atoms with Crippen LogP contribution in [-0.2, 0) is 9.84 Å². The number of anilines is 1. The maximum atomic E-state index is 12.3. The molecule has 1 atom stereocenters.